The first-order chi connectivity index (χ1) is 14.9. The van der Waals surface area contributed by atoms with Crippen LogP contribution in [0.3, 0.4) is 0 Å². The van der Waals surface area contributed by atoms with Crippen LogP contribution in [0.4, 0.5) is 24.7 Å². The van der Waals surface area contributed by atoms with Crippen LogP contribution in [0.5, 0.6) is 0 Å². The van der Waals surface area contributed by atoms with Crippen molar-refractivity contribution in [1.29, 1.82) is 0 Å². The zero-order valence-corrected chi connectivity index (χ0v) is 17.0. The zero-order valence-electron chi connectivity index (χ0n) is 17.0. The van der Waals surface area contributed by atoms with Crippen LogP contribution in [-0.2, 0) is 22.1 Å². The molecular weight excluding hydrogens is 411 g/mol. The van der Waals surface area contributed by atoms with Crippen LogP contribution in [0.15, 0.2) is 36.5 Å². The average molecular weight is 435 g/mol. The highest BCUT2D eigenvalue weighted by Crippen LogP contribution is 2.29. The Morgan fingerprint density at radius 2 is 1.74 bits per heavy atom. The van der Waals surface area contributed by atoms with Crippen molar-refractivity contribution in [2.24, 2.45) is 0 Å². The number of amides is 1. The molecule has 1 aromatic carbocycles. The third kappa shape index (κ3) is 5.25. The molecule has 2 aliphatic heterocycles. The van der Waals surface area contributed by atoms with E-state index in [0.29, 0.717) is 45.0 Å². The molecular formula is C21H24F3N5O2. The molecule has 2 aliphatic rings. The molecule has 0 atom stereocenters. The van der Waals surface area contributed by atoms with Gasteiger partial charge in [0.2, 0.25) is 5.91 Å². The van der Waals surface area contributed by atoms with Crippen LogP contribution in [-0.4, -0.2) is 73.5 Å². The summed E-state index contributed by atoms with van der Waals surface area (Å²) < 4.78 is 44.0. The minimum absolute atomic E-state index is 0.0398. The molecule has 31 heavy (non-hydrogen) atoms. The highest BCUT2D eigenvalue weighted by atomic mass is 19.4. The number of ether oxygens (including phenoxy) is 1. The Balaban J connectivity index is 1.34. The standard InChI is InChI=1S/C21H24F3N5O2/c22-21(23,24)17-3-1-2-16(12-17)13-20(30)29-6-4-27(5-7-29)18-14-19(26-25-15-18)28-8-10-31-11-9-28/h1-3,12,14-15H,4-11,13H2. The molecule has 2 fully saturated rings. The van der Waals surface area contributed by atoms with E-state index in [4.69, 9.17) is 4.74 Å². The highest BCUT2D eigenvalue weighted by molar-refractivity contribution is 5.79. The first kappa shape index (κ1) is 21.4. The second-order valence-electron chi connectivity index (χ2n) is 7.61. The fourth-order valence-corrected chi connectivity index (χ4v) is 3.82. The van der Waals surface area contributed by atoms with Gasteiger partial charge in [0, 0.05) is 45.3 Å². The Morgan fingerprint density at radius 3 is 2.45 bits per heavy atom. The van der Waals surface area contributed by atoms with Gasteiger partial charge in [-0.05, 0) is 11.6 Å². The van der Waals surface area contributed by atoms with Crippen molar-refractivity contribution in [1.82, 2.24) is 15.1 Å². The van der Waals surface area contributed by atoms with Crippen molar-refractivity contribution in [2.45, 2.75) is 12.6 Å². The van der Waals surface area contributed by atoms with Gasteiger partial charge in [0.1, 0.15) is 0 Å². The van der Waals surface area contributed by atoms with Crippen LogP contribution in [0.1, 0.15) is 11.1 Å². The number of rotatable bonds is 4. The fourth-order valence-electron chi connectivity index (χ4n) is 3.82. The fraction of sp³-hybridized carbons (Fsp3) is 0.476. The summed E-state index contributed by atoms with van der Waals surface area (Å²) in [6.07, 6.45) is -2.74. The minimum Gasteiger partial charge on any atom is -0.378 e. The number of nitrogens with zero attached hydrogens (tertiary/aromatic N) is 5. The van der Waals surface area contributed by atoms with E-state index in [-0.39, 0.29) is 12.3 Å². The number of carbonyl (C=O) groups excluding carboxylic acids is 1. The molecule has 10 heteroatoms. The summed E-state index contributed by atoms with van der Waals surface area (Å²) in [5.41, 5.74) is 0.584. The molecule has 2 aromatic rings. The maximum absolute atomic E-state index is 12.9. The average Bonchev–Trinajstić information content (AvgIpc) is 2.79. The molecule has 0 radical (unpaired) electrons. The van der Waals surface area contributed by atoms with Gasteiger partial charge in [0.15, 0.2) is 5.82 Å². The second kappa shape index (κ2) is 9.09. The number of benzene rings is 1. The molecule has 0 unspecified atom stereocenters. The summed E-state index contributed by atoms with van der Waals surface area (Å²) in [6, 6.07) is 6.95. The van der Waals surface area contributed by atoms with E-state index in [1.807, 2.05) is 6.07 Å². The molecule has 0 saturated carbocycles. The van der Waals surface area contributed by atoms with Crippen LogP contribution >= 0.6 is 0 Å². The molecule has 1 aromatic heterocycles. The maximum atomic E-state index is 12.9. The van der Waals surface area contributed by atoms with Gasteiger partial charge < -0.3 is 19.4 Å². The number of aromatic nitrogens is 2. The number of anilines is 2. The van der Waals surface area contributed by atoms with E-state index in [0.717, 1.165) is 36.7 Å². The third-order valence-corrected chi connectivity index (χ3v) is 5.57. The molecule has 0 spiro atoms. The first-order valence-electron chi connectivity index (χ1n) is 10.2. The Morgan fingerprint density at radius 1 is 1.00 bits per heavy atom. The van der Waals surface area contributed by atoms with Crippen molar-refractivity contribution in [3.63, 3.8) is 0 Å². The lowest BCUT2D eigenvalue weighted by Gasteiger charge is -2.36. The molecule has 3 heterocycles. The summed E-state index contributed by atoms with van der Waals surface area (Å²) >= 11 is 0. The lowest BCUT2D eigenvalue weighted by molar-refractivity contribution is -0.138. The minimum atomic E-state index is -4.41. The van der Waals surface area contributed by atoms with Gasteiger partial charge in [-0.2, -0.15) is 18.3 Å². The Hall–Kier alpha value is -2.88. The van der Waals surface area contributed by atoms with Crippen molar-refractivity contribution >= 4 is 17.4 Å². The Kier molecular flexibility index (Phi) is 6.26. The van der Waals surface area contributed by atoms with E-state index < -0.39 is 11.7 Å². The largest absolute Gasteiger partial charge is 0.416 e. The monoisotopic (exact) mass is 435 g/mol. The third-order valence-electron chi connectivity index (χ3n) is 5.57. The summed E-state index contributed by atoms with van der Waals surface area (Å²) in [5.74, 6) is 0.643. The van der Waals surface area contributed by atoms with Crippen LogP contribution in [0.25, 0.3) is 0 Å². The lowest BCUT2D eigenvalue weighted by Crippen LogP contribution is -2.49. The van der Waals surface area contributed by atoms with Crippen molar-refractivity contribution in [2.75, 3.05) is 62.3 Å². The summed E-state index contributed by atoms with van der Waals surface area (Å²) in [4.78, 5) is 18.6. The van der Waals surface area contributed by atoms with Crippen LogP contribution in [0.2, 0.25) is 0 Å². The van der Waals surface area contributed by atoms with Gasteiger partial charge in [-0.3, -0.25) is 4.79 Å². The smallest absolute Gasteiger partial charge is 0.378 e. The molecule has 0 aliphatic carbocycles. The number of hydrogen-bond acceptors (Lipinski definition) is 6. The van der Waals surface area contributed by atoms with E-state index in [1.165, 1.54) is 6.07 Å². The summed E-state index contributed by atoms with van der Waals surface area (Å²) in [5, 5.41) is 8.35. The van der Waals surface area contributed by atoms with Gasteiger partial charge in [-0.25, -0.2) is 0 Å². The maximum Gasteiger partial charge on any atom is 0.416 e. The number of morpholine rings is 1. The van der Waals surface area contributed by atoms with Crippen molar-refractivity contribution in [3.05, 3.63) is 47.7 Å². The molecule has 7 nitrogen and oxygen atoms in total. The van der Waals surface area contributed by atoms with E-state index in [1.54, 1.807) is 17.2 Å². The van der Waals surface area contributed by atoms with Crippen LogP contribution in [0, 0.1) is 0 Å². The molecule has 2 saturated heterocycles. The predicted octanol–water partition coefficient (Wildman–Crippen LogP) is 2.22. The number of halogens is 3. The molecule has 0 N–H and O–H groups in total. The molecule has 1 amide bonds. The van der Waals surface area contributed by atoms with Crippen LogP contribution < -0.4 is 9.80 Å². The summed E-state index contributed by atoms with van der Waals surface area (Å²) in [7, 11) is 0. The van der Waals surface area contributed by atoms with Crippen molar-refractivity contribution < 1.29 is 22.7 Å². The van der Waals surface area contributed by atoms with Crippen molar-refractivity contribution in [3.8, 4) is 0 Å². The lowest BCUT2D eigenvalue weighted by atomic mass is 10.1. The van der Waals surface area contributed by atoms with Gasteiger partial charge >= 0.3 is 6.18 Å². The van der Waals surface area contributed by atoms with Gasteiger partial charge in [-0.15, -0.1) is 5.10 Å². The first-order valence-corrected chi connectivity index (χ1v) is 10.2. The normalized spacial score (nSPS) is 17.7. The summed E-state index contributed by atoms with van der Waals surface area (Å²) in [6.45, 7) is 5.15. The number of piperazine rings is 1. The predicted molar refractivity (Wildman–Crippen MR) is 109 cm³/mol. The zero-order chi connectivity index (χ0) is 21.8. The highest BCUT2D eigenvalue weighted by Gasteiger charge is 2.31. The SMILES string of the molecule is O=C(Cc1cccc(C(F)(F)F)c1)N1CCN(c2cnnc(N3CCOCC3)c2)CC1. The molecule has 166 valence electrons. The number of hydrogen-bond donors (Lipinski definition) is 0. The van der Waals surface area contributed by atoms with Gasteiger partial charge in [0.25, 0.3) is 0 Å². The second-order valence-corrected chi connectivity index (χ2v) is 7.61. The van der Waals surface area contributed by atoms with E-state index >= 15 is 0 Å². The topological polar surface area (TPSA) is 61.8 Å². The molecule has 4 rings (SSSR count). The van der Waals surface area contributed by atoms with E-state index in [2.05, 4.69) is 20.0 Å². The van der Waals surface area contributed by atoms with Gasteiger partial charge in [-0.1, -0.05) is 18.2 Å². The number of alkyl halides is 3. The quantitative estimate of drug-likeness (QED) is 0.734. The Bertz CT molecular complexity index is 910. The molecule has 0 bridgehead atoms. The van der Waals surface area contributed by atoms with E-state index in [9.17, 15) is 18.0 Å². The number of carbonyl (C=O) groups is 1. The van der Waals surface area contributed by atoms with Gasteiger partial charge in [0.05, 0.1) is 37.1 Å². The Labute approximate surface area is 178 Å².